The van der Waals surface area contributed by atoms with Crippen molar-refractivity contribution >= 4 is 12.1 Å². The highest BCUT2D eigenvalue weighted by atomic mass is 16.1. The molecule has 1 aromatic rings. The Hall–Kier alpha value is -1.65. The molecule has 0 bridgehead atoms. The van der Waals surface area contributed by atoms with Crippen LogP contribution in [0.1, 0.15) is 0 Å². The van der Waals surface area contributed by atoms with E-state index in [-0.39, 0.29) is 0 Å². The summed E-state index contributed by atoms with van der Waals surface area (Å²) in [5.74, 6) is -0.504. The molecule has 0 saturated carbocycles. The molecule has 0 atom stereocenters. The SMILES string of the molecule is NC(=O)C=Cn1ccnn1. The van der Waals surface area contributed by atoms with Crippen LogP contribution in [0.25, 0.3) is 6.20 Å². The van der Waals surface area contributed by atoms with Gasteiger partial charge in [-0.3, -0.25) is 4.79 Å². The second kappa shape index (κ2) is 2.77. The number of amides is 1. The van der Waals surface area contributed by atoms with Gasteiger partial charge in [0.1, 0.15) is 0 Å². The molecule has 5 heteroatoms. The lowest BCUT2D eigenvalue weighted by atomic mass is 10.6. The van der Waals surface area contributed by atoms with E-state index in [1.165, 1.54) is 23.2 Å². The molecule has 1 heterocycles. The maximum absolute atomic E-state index is 10.2. The minimum absolute atomic E-state index is 0.504. The zero-order valence-electron chi connectivity index (χ0n) is 5.14. The monoisotopic (exact) mass is 138 g/mol. The first-order chi connectivity index (χ1) is 4.79. The van der Waals surface area contributed by atoms with Crippen LogP contribution in [0.4, 0.5) is 0 Å². The molecule has 10 heavy (non-hydrogen) atoms. The van der Waals surface area contributed by atoms with Gasteiger partial charge in [0.2, 0.25) is 5.91 Å². The molecule has 52 valence electrons. The summed E-state index contributed by atoms with van der Waals surface area (Å²) in [5, 5.41) is 7.07. The van der Waals surface area contributed by atoms with Gasteiger partial charge in [0.05, 0.1) is 12.4 Å². The first kappa shape index (κ1) is 6.47. The fourth-order valence-electron chi connectivity index (χ4n) is 0.447. The van der Waals surface area contributed by atoms with Gasteiger partial charge in [-0.15, -0.1) is 5.10 Å². The number of rotatable bonds is 2. The van der Waals surface area contributed by atoms with E-state index in [2.05, 4.69) is 10.3 Å². The number of carbonyl (C=O) groups is 1. The Balaban J connectivity index is 2.64. The average Bonchev–Trinajstić information content (AvgIpc) is 2.34. The van der Waals surface area contributed by atoms with Crippen molar-refractivity contribution in [3.8, 4) is 0 Å². The largest absolute Gasteiger partial charge is 0.366 e. The van der Waals surface area contributed by atoms with Crippen LogP contribution in [0.3, 0.4) is 0 Å². The molecule has 0 aliphatic heterocycles. The molecule has 0 aliphatic rings. The molecular formula is C5H6N4O. The van der Waals surface area contributed by atoms with Crippen molar-refractivity contribution in [1.29, 1.82) is 0 Å². The van der Waals surface area contributed by atoms with Gasteiger partial charge >= 0.3 is 0 Å². The normalized spacial score (nSPS) is 10.4. The highest BCUT2D eigenvalue weighted by Crippen LogP contribution is 1.80. The van der Waals surface area contributed by atoms with Crippen molar-refractivity contribution in [2.24, 2.45) is 5.73 Å². The Morgan fingerprint density at radius 3 is 3.00 bits per heavy atom. The standard InChI is InChI=1S/C5H6N4O/c6-5(10)1-3-9-4-2-7-8-9/h1-4H,(H2,6,10). The van der Waals surface area contributed by atoms with Crippen molar-refractivity contribution in [2.45, 2.75) is 0 Å². The first-order valence-corrected chi connectivity index (χ1v) is 2.62. The molecular weight excluding hydrogens is 132 g/mol. The second-order valence-corrected chi connectivity index (χ2v) is 1.60. The summed E-state index contributed by atoms with van der Waals surface area (Å²) in [6.07, 6.45) is 5.73. The lowest BCUT2D eigenvalue weighted by Gasteiger charge is -1.83. The van der Waals surface area contributed by atoms with Crippen LogP contribution in [-0.2, 0) is 4.79 Å². The number of nitrogens with two attached hydrogens (primary N) is 1. The number of hydrogen-bond donors (Lipinski definition) is 1. The molecule has 1 aromatic heterocycles. The third kappa shape index (κ3) is 1.70. The summed E-state index contributed by atoms with van der Waals surface area (Å²) < 4.78 is 1.38. The summed E-state index contributed by atoms with van der Waals surface area (Å²) in [4.78, 5) is 10.2. The molecule has 0 fully saturated rings. The zero-order valence-corrected chi connectivity index (χ0v) is 5.14. The Labute approximate surface area is 57.1 Å². The quantitative estimate of drug-likeness (QED) is 0.545. The van der Waals surface area contributed by atoms with Crippen molar-refractivity contribution in [2.75, 3.05) is 0 Å². The fraction of sp³-hybridized carbons (Fsp3) is 0. The van der Waals surface area contributed by atoms with Crippen LogP contribution in [0.5, 0.6) is 0 Å². The Bertz CT molecular complexity index is 238. The van der Waals surface area contributed by atoms with E-state index in [1.807, 2.05) is 0 Å². The van der Waals surface area contributed by atoms with E-state index in [9.17, 15) is 4.79 Å². The van der Waals surface area contributed by atoms with Crippen LogP contribution in [-0.4, -0.2) is 20.9 Å². The molecule has 2 N–H and O–H groups in total. The van der Waals surface area contributed by atoms with Gasteiger partial charge < -0.3 is 5.73 Å². The van der Waals surface area contributed by atoms with Crippen LogP contribution in [0.15, 0.2) is 18.5 Å². The van der Waals surface area contributed by atoms with Crippen molar-refractivity contribution < 1.29 is 4.79 Å². The average molecular weight is 138 g/mol. The fourth-order valence-corrected chi connectivity index (χ4v) is 0.447. The Morgan fingerprint density at radius 1 is 1.70 bits per heavy atom. The van der Waals surface area contributed by atoms with Gasteiger partial charge in [-0.1, -0.05) is 5.21 Å². The molecule has 0 aromatic carbocycles. The molecule has 0 spiro atoms. The predicted octanol–water partition coefficient (Wildman–Crippen LogP) is -0.766. The van der Waals surface area contributed by atoms with Gasteiger partial charge in [0.25, 0.3) is 0 Å². The van der Waals surface area contributed by atoms with Crippen LogP contribution < -0.4 is 5.73 Å². The summed E-state index contributed by atoms with van der Waals surface area (Å²) >= 11 is 0. The Kier molecular flexibility index (Phi) is 1.79. The van der Waals surface area contributed by atoms with Gasteiger partial charge in [-0.25, -0.2) is 4.68 Å². The summed E-state index contributed by atoms with van der Waals surface area (Å²) in [6.45, 7) is 0. The summed E-state index contributed by atoms with van der Waals surface area (Å²) in [6, 6.07) is 0. The number of primary amides is 1. The van der Waals surface area contributed by atoms with Gasteiger partial charge in [-0.2, -0.15) is 0 Å². The molecule has 0 aliphatic carbocycles. The number of nitrogens with zero attached hydrogens (tertiary/aromatic N) is 3. The minimum Gasteiger partial charge on any atom is -0.366 e. The minimum atomic E-state index is -0.504. The van der Waals surface area contributed by atoms with E-state index in [0.29, 0.717) is 0 Å². The molecule has 1 rings (SSSR count). The van der Waals surface area contributed by atoms with Crippen molar-refractivity contribution in [3.63, 3.8) is 0 Å². The third-order valence-corrected chi connectivity index (χ3v) is 0.833. The molecule has 0 radical (unpaired) electrons. The number of hydrogen-bond acceptors (Lipinski definition) is 3. The maximum Gasteiger partial charge on any atom is 0.242 e. The molecule has 1 amide bonds. The van der Waals surface area contributed by atoms with E-state index in [4.69, 9.17) is 5.73 Å². The zero-order chi connectivity index (χ0) is 7.40. The lowest BCUT2D eigenvalue weighted by molar-refractivity contribution is -0.113. The highest BCUT2D eigenvalue weighted by Gasteiger charge is 1.83. The topological polar surface area (TPSA) is 73.8 Å². The smallest absolute Gasteiger partial charge is 0.242 e. The number of aromatic nitrogens is 3. The maximum atomic E-state index is 10.2. The summed E-state index contributed by atoms with van der Waals surface area (Å²) in [5.41, 5.74) is 4.82. The second-order valence-electron chi connectivity index (χ2n) is 1.60. The van der Waals surface area contributed by atoms with Crippen LogP contribution in [0, 0.1) is 0 Å². The van der Waals surface area contributed by atoms with Gasteiger partial charge in [-0.05, 0) is 0 Å². The van der Waals surface area contributed by atoms with Crippen LogP contribution in [0.2, 0.25) is 0 Å². The van der Waals surface area contributed by atoms with E-state index in [1.54, 1.807) is 6.20 Å². The van der Waals surface area contributed by atoms with Gasteiger partial charge in [0.15, 0.2) is 0 Å². The van der Waals surface area contributed by atoms with E-state index in [0.717, 1.165) is 0 Å². The number of carbonyl (C=O) groups excluding carboxylic acids is 1. The van der Waals surface area contributed by atoms with Crippen LogP contribution >= 0.6 is 0 Å². The predicted molar refractivity (Wildman–Crippen MR) is 34.5 cm³/mol. The first-order valence-electron chi connectivity index (χ1n) is 2.62. The molecule has 0 saturated heterocycles. The molecule has 0 unspecified atom stereocenters. The third-order valence-electron chi connectivity index (χ3n) is 0.833. The summed E-state index contributed by atoms with van der Waals surface area (Å²) in [7, 11) is 0. The van der Waals surface area contributed by atoms with E-state index >= 15 is 0 Å². The lowest BCUT2D eigenvalue weighted by Crippen LogP contribution is -2.06. The highest BCUT2D eigenvalue weighted by molar-refractivity contribution is 5.88. The Morgan fingerprint density at radius 2 is 2.50 bits per heavy atom. The van der Waals surface area contributed by atoms with E-state index < -0.39 is 5.91 Å². The van der Waals surface area contributed by atoms with Crippen molar-refractivity contribution in [3.05, 3.63) is 18.5 Å². The van der Waals surface area contributed by atoms with Gasteiger partial charge in [0, 0.05) is 12.3 Å². The van der Waals surface area contributed by atoms with Crippen molar-refractivity contribution in [1.82, 2.24) is 15.0 Å². The molecule has 5 nitrogen and oxygen atoms in total.